The van der Waals surface area contributed by atoms with Crippen LogP contribution in [0.25, 0.3) is 0 Å². The van der Waals surface area contributed by atoms with Crippen LogP contribution < -0.4 is 4.90 Å². The first-order chi connectivity index (χ1) is 9.65. The summed E-state index contributed by atoms with van der Waals surface area (Å²) >= 11 is 6.25. The number of rotatable bonds is 4. The number of phenolic OH excluding ortho intramolecular Hbond substituents is 1. The van der Waals surface area contributed by atoms with Gasteiger partial charge in [-0.25, -0.2) is 0 Å². The molecular formula is C17H18ClNO. The first kappa shape index (κ1) is 13.3. The van der Waals surface area contributed by atoms with Crippen molar-refractivity contribution in [2.45, 2.75) is 25.9 Å². The first-order valence-electron chi connectivity index (χ1n) is 6.94. The molecule has 2 nitrogen and oxygen atoms in total. The molecule has 20 heavy (non-hydrogen) atoms. The van der Waals surface area contributed by atoms with Gasteiger partial charge in [-0.1, -0.05) is 36.7 Å². The van der Waals surface area contributed by atoms with Crippen LogP contribution in [0.2, 0.25) is 5.02 Å². The summed E-state index contributed by atoms with van der Waals surface area (Å²) in [7, 11) is 0. The molecule has 2 atom stereocenters. The molecule has 3 rings (SSSR count). The van der Waals surface area contributed by atoms with Gasteiger partial charge in [-0.2, -0.15) is 0 Å². The van der Waals surface area contributed by atoms with Crippen molar-refractivity contribution < 1.29 is 5.11 Å². The normalized spacial score (nSPS) is 20.7. The van der Waals surface area contributed by atoms with Crippen LogP contribution in [0, 0.1) is 5.92 Å². The Balaban J connectivity index is 1.89. The molecule has 104 valence electrons. The predicted octanol–water partition coefficient (Wildman–Crippen LogP) is 4.46. The molecule has 0 radical (unpaired) electrons. The fourth-order valence-corrected chi connectivity index (χ4v) is 2.80. The highest BCUT2D eigenvalue weighted by Crippen LogP contribution is 2.39. The third-order valence-corrected chi connectivity index (χ3v) is 4.29. The Hall–Kier alpha value is -1.67. The zero-order valence-corrected chi connectivity index (χ0v) is 12.2. The number of phenols is 1. The maximum Gasteiger partial charge on any atom is 0.116 e. The molecule has 0 bridgehead atoms. The molecule has 2 aromatic rings. The van der Waals surface area contributed by atoms with E-state index in [9.17, 15) is 5.11 Å². The highest BCUT2D eigenvalue weighted by Gasteiger charge is 2.38. The highest BCUT2D eigenvalue weighted by atomic mass is 35.5. The van der Waals surface area contributed by atoms with Crippen LogP contribution in [-0.2, 0) is 6.54 Å². The van der Waals surface area contributed by atoms with E-state index in [0.29, 0.717) is 17.0 Å². The van der Waals surface area contributed by atoms with Crippen LogP contribution in [-0.4, -0.2) is 11.1 Å². The van der Waals surface area contributed by atoms with Crippen molar-refractivity contribution in [2.24, 2.45) is 5.92 Å². The van der Waals surface area contributed by atoms with Gasteiger partial charge < -0.3 is 10.0 Å². The lowest BCUT2D eigenvalue weighted by molar-refractivity contribution is 0.474. The molecule has 0 aromatic heterocycles. The van der Waals surface area contributed by atoms with Crippen molar-refractivity contribution in [1.29, 1.82) is 0 Å². The van der Waals surface area contributed by atoms with Crippen molar-refractivity contribution in [1.82, 2.24) is 0 Å². The quantitative estimate of drug-likeness (QED) is 0.897. The van der Waals surface area contributed by atoms with Gasteiger partial charge in [0.2, 0.25) is 0 Å². The van der Waals surface area contributed by atoms with Gasteiger partial charge in [0.15, 0.2) is 0 Å². The first-order valence-corrected chi connectivity index (χ1v) is 7.32. The molecule has 0 heterocycles. The average molecular weight is 288 g/mol. The number of aromatic hydroxyl groups is 1. The molecule has 1 aliphatic rings. The summed E-state index contributed by atoms with van der Waals surface area (Å²) in [6, 6.07) is 16.1. The Morgan fingerprint density at radius 2 is 1.90 bits per heavy atom. The monoisotopic (exact) mass is 287 g/mol. The van der Waals surface area contributed by atoms with Crippen molar-refractivity contribution in [2.75, 3.05) is 4.90 Å². The maximum atomic E-state index is 9.65. The molecule has 0 spiro atoms. The van der Waals surface area contributed by atoms with Gasteiger partial charge in [0.25, 0.3) is 0 Å². The number of benzene rings is 2. The van der Waals surface area contributed by atoms with E-state index >= 15 is 0 Å². The second kappa shape index (κ2) is 5.37. The van der Waals surface area contributed by atoms with Gasteiger partial charge in [0, 0.05) is 23.3 Å². The lowest BCUT2D eigenvalue weighted by atomic mass is 10.1. The number of hydrogen-bond donors (Lipinski definition) is 1. The molecule has 1 aliphatic carbocycles. The molecule has 3 heteroatoms. The van der Waals surface area contributed by atoms with Gasteiger partial charge in [-0.3, -0.25) is 0 Å². The minimum Gasteiger partial charge on any atom is -0.508 e. The van der Waals surface area contributed by atoms with Gasteiger partial charge in [-0.05, 0) is 48.2 Å². The van der Waals surface area contributed by atoms with Crippen LogP contribution in [0.15, 0.2) is 48.5 Å². The van der Waals surface area contributed by atoms with E-state index in [-0.39, 0.29) is 5.75 Å². The Morgan fingerprint density at radius 3 is 2.55 bits per heavy atom. The van der Waals surface area contributed by atoms with Crippen LogP contribution in [0.4, 0.5) is 5.69 Å². The third-order valence-electron chi connectivity index (χ3n) is 3.93. The summed E-state index contributed by atoms with van der Waals surface area (Å²) in [5.74, 6) is 0.979. The largest absolute Gasteiger partial charge is 0.508 e. The molecule has 0 saturated heterocycles. The summed E-state index contributed by atoms with van der Waals surface area (Å²) in [5.41, 5.74) is 2.18. The van der Waals surface area contributed by atoms with Crippen molar-refractivity contribution in [3.63, 3.8) is 0 Å². The van der Waals surface area contributed by atoms with Crippen molar-refractivity contribution in [3.05, 3.63) is 59.1 Å². The summed E-state index contributed by atoms with van der Waals surface area (Å²) in [6.45, 7) is 3.00. The molecule has 0 amide bonds. The molecule has 2 unspecified atom stereocenters. The van der Waals surface area contributed by atoms with Crippen molar-refractivity contribution >= 4 is 17.3 Å². The Bertz CT molecular complexity index is 599. The summed E-state index contributed by atoms with van der Waals surface area (Å²) in [6.07, 6.45) is 1.21. The summed E-state index contributed by atoms with van der Waals surface area (Å²) in [4.78, 5) is 2.38. The van der Waals surface area contributed by atoms with E-state index in [1.807, 2.05) is 6.07 Å². The zero-order chi connectivity index (χ0) is 14.1. The van der Waals surface area contributed by atoms with Gasteiger partial charge in [0.1, 0.15) is 5.75 Å². The smallest absolute Gasteiger partial charge is 0.116 e. The zero-order valence-electron chi connectivity index (χ0n) is 11.5. The highest BCUT2D eigenvalue weighted by molar-refractivity contribution is 6.31. The minimum absolute atomic E-state index is 0.265. The number of para-hydroxylation sites is 1. The Kier molecular flexibility index (Phi) is 3.58. The molecule has 1 saturated carbocycles. The van der Waals surface area contributed by atoms with E-state index in [4.69, 9.17) is 11.6 Å². The lowest BCUT2D eigenvalue weighted by Crippen LogP contribution is -2.26. The van der Waals surface area contributed by atoms with Gasteiger partial charge in [0.05, 0.1) is 0 Å². The lowest BCUT2D eigenvalue weighted by Gasteiger charge is -2.26. The Morgan fingerprint density at radius 1 is 1.20 bits per heavy atom. The van der Waals surface area contributed by atoms with E-state index < -0.39 is 0 Å². The van der Waals surface area contributed by atoms with Crippen molar-refractivity contribution in [3.8, 4) is 5.75 Å². The fraction of sp³-hybridized carbons (Fsp3) is 0.294. The molecule has 1 fully saturated rings. The van der Waals surface area contributed by atoms with Crippen LogP contribution in [0.1, 0.15) is 18.9 Å². The number of nitrogens with zero attached hydrogens (tertiary/aromatic N) is 1. The fourth-order valence-electron chi connectivity index (χ4n) is 2.62. The van der Waals surface area contributed by atoms with E-state index in [1.165, 1.54) is 12.1 Å². The van der Waals surface area contributed by atoms with Crippen LogP contribution in [0.5, 0.6) is 5.75 Å². The standard InChI is InChI=1S/C17H18ClNO/c1-12-9-17(12)19(14-5-3-2-4-6-14)11-13-10-15(20)7-8-16(13)18/h2-8,10,12,17,20H,9,11H2,1H3. The predicted molar refractivity (Wildman–Crippen MR) is 83.3 cm³/mol. The van der Waals surface area contributed by atoms with Gasteiger partial charge >= 0.3 is 0 Å². The topological polar surface area (TPSA) is 23.5 Å². The van der Waals surface area contributed by atoms with E-state index in [0.717, 1.165) is 12.1 Å². The van der Waals surface area contributed by atoms with E-state index in [2.05, 4.69) is 36.1 Å². The second-order valence-corrected chi connectivity index (χ2v) is 5.93. The summed E-state index contributed by atoms with van der Waals surface area (Å²) < 4.78 is 0. The third kappa shape index (κ3) is 2.75. The van der Waals surface area contributed by atoms with Crippen LogP contribution >= 0.6 is 11.6 Å². The number of anilines is 1. The number of halogens is 1. The maximum absolute atomic E-state index is 9.65. The number of hydrogen-bond acceptors (Lipinski definition) is 2. The average Bonchev–Trinajstić information content (AvgIpc) is 3.17. The molecule has 0 aliphatic heterocycles. The van der Waals surface area contributed by atoms with Gasteiger partial charge in [-0.15, -0.1) is 0 Å². The SMILES string of the molecule is CC1CC1N(Cc1cc(O)ccc1Cl)c1ccccc1. The Labute approximate surface area is 124 Å². The van der Waals surface area contributed by atoms with E-state index in [1.54, 1.807) is 18.2 Å². The van der Waals surface area contributed by atoms with Crippen LogP contribution in [0.3, 0.4) is 0 Å². The summed E-state index contributed by atoms with van der Waals surface area (Å²) in [5, 5.41) is 10.4. The molecule has 2 aromatic carbocycles. The molecule has 1 N–H and O–H groups in total. The minimum atomic E-state index is 0.265. The molecular weight excluding hydrogens is 270 g/mol. The second-order valence-electron chi connectivity index (χ2n) is 5.52.